The van der Waals surface area contributed by atoms with Crippen molar-refractivity contribution in [3.8, 4) is 12.3 Å². The van der Waals surface area contributed by atoms with Gasteiger partial charge in [0.1, 0.15) is 0 Å². The summed E-state index contributed by atoms with van der Waals surface area (Å²) < 4.78 is 27.5. The van der Waals surface area contributed by atoms with Gasteiger partial charge in [0.05, 0.1) is 18.0 Å². The Hall–Kier alpha value is -2.66. The van der Waals surface area contributed by atoms with Crippen molar-refractivity contribution >= 4 is 21.6 Å². The molecule has 0 bridgehead atoms. The molecule has 2 aromatic rings. The van der Waals surface area contributed by atoms with Crippen LogP contribution in [0.5, 0.6) is 0 Å². The second-order valence-corrected chi connectivity index (χ2v) is 10.8. The molecule has 2 aliphatic heterocycles. The maximum absolute atomic E-state index is 13.3. The van der Waals surface area contributed by atoms with Crippen LogP contribution in [0.1, 0.15) is 36.0 Å². The summed E-state index contributed by atoms with van der Waals surface area (Å²) in [5.41, 5.74) is 4.02. The third kappa shape index (κ3) is 5.30. The van der Waals surface area contributed by atoms with Crippen molar-refractivity contribution in [2.75, 3.05) is 37.6 Å². The van der Waals surface area contributed by atoms with Crippen LogP contribution in [0.3, 0.4) is 0 Å². The summed E-state index contributed by atoms with van der Waals surface area (Å²) in [4.78, 5) is 17.3. The molecule has 1 amide bonds. The van der Waals surface area contributed by atoms with E-state index in [1.165, 1.54) is 5.56 Å². The van der Waals surface area contributed by atoms with Gasteiger partial charge in [-0.3, -0.25) is 9.69 Å². The highest BCUT2D eigenvalue weighted by molar-refractivity contribution is 7.89. The fraction of sp³-hybridized carbons (Fsp3) is 0.423. The molecule has 174 valence electrons. The van der Waals surface area contributed by atoms with Crippen molar-refractivity contribution in [1.82, 2.24) is 9.21 Å². The zero-order valence-electron chi connectivity index (χ0n) is 19.2. The van der Waals surface area contributed by atoms with Crippen LogP contribution in [0.15, 0.2) is 47.4 Å². The Morgan fingerprint density at radius 1 is 1.06 bits per heavy atom. The van der Waals surface area contributed by atoms with E-state index in [0.717, 1.165) is 42.5 Å². The molecule has 1 fully saturated rings. The number of aryl methyl sites for hydroxylation is 2. The Balaban J connectivity index is 1.51. The van der Waals surface area contributed by atoms with Crippen molar-refractivity contribution in [3.63, 3.8) is 0 Å². The van der Waals surface area contributed by atoms with Gasteiger partial charge in [0.2, 0.25) is 15.9 Å². The summed E-state index contributed by atoms with van der Waals surface area (Å²) in [6.45, 7) is 5.02. The molecular weight excluding hydrogens is 434 g/mol. The molecule has 0 aromatic heterocycles. The number of hydrogen-bond donors (Lipinski definition) is 0. The Morgan fingerprint density at radius 2 is 1.79 bits per heavy atom. The Morgan fingerprint density at radius 3 is 2.48 bits per heavy atom. The van der Waals surface area contributed by atoms with Gasteiger partial charge in [-0.05, 0) is 61.9 Å². The Bertz CT molecular complexity index is 1150. The van der Waals surface area contributed by atoms with Gasteiger partial charge in [0.25, 0.3) is 0 Å². The van der Waals surface area contributed by atoms with E-state index in [1.807, 2.05) is 11.8 Å². The first-order valence-electron chi connectivity index (χ1n) is 11.5. The number of fused-ring (bicyclic) bond motifs is 1. The van der Waals surface area contributed by atoms with Crippen LogP contribution in [0.2, 0.25) is 0 Å². The maximum atomic E-state index is 13.3. The highest BCUT2D eigenvalue weighted by atomic mass is 32.2. The molecule has 4 rings (SSSR count). The number of nitrogens with zero attached hydrogens (tertiary/aromatic N) is 3. The molecule has 6 nitrogen and oxygen atoms in total. The molecule has 2 aromatic carbocycles. The van der Waals surface area contributed by atoms with Crippen LogP contribution >= 0.6 is 0 Å². The van der Waals surface area contributed by atoms with Crippen LogP contribution in [0.4, 0.5) is 5.69 Å². The van der Waals surface area contributed by atoms with Crippen LogP contribution < -0.4 is 4.90 Å². The second kappa shape index (κ2) is 10.1. The molecule has 0 atom stereocenters. The predicted octanol–water partition coefficient (Wildman–Crippen LogP) is 3.19. The van der Waals surface area contributed by atoms with Crippen molar-refractivity contribution in [1.29, 1.82) is 0 Å². The zero-order valence-corrected chi connectivity index (χ0v) is 20.0. The number of rotatable bonds is 7. The lowest BCUT2D eigenvalue weighted by atomic mass is 10.0. The van der Waals surface area contributed by atoms with Gasteiger partial charge < -0.3 is 4.90 Å². The first kappa shape index (κ1) is 23.5. The lowest BCUT2D eigenvalue weighted by Crippen LogP contribution is -2.42. The average Bonchev–Trinajstić information content (AvgIpc) is 3.36. The van der Waals surface area contributed by atoms with Crippen molar-refractivity contribution in [2.45, 2.75) is 44.0 Å². The standard InChI is InChI=1S/C26H31N3O3S/c1-3-14-27(19-22-10-8-21(2)9-11-22)20-26(30)29-17-6-7-23-18-24(12-13-25(23)29)33(31,32)28-15-4-5-16-28/h1,8-13,18H,4-7,14-17,19-20H2,2H3. The molecule has 7 heteroatoms. The quantitative estimate of drug-likeness (QED) is 0.590. The van der Waals surface area contributed by atoms with E-state index < -0.39 is 10.0 Å². The van der Waals surface area contributed by atoms with E-state index in [-0.39, 0.29) is 12.5 Å². The van der Waals surface area contributed by atoms with Gasteiger partial charge in [-0.2, -0.15) is 4.31 Å². The first-order valence-corrected chi connectivity index (χ1v) is 13.0. The second-order valence-electron chi connectivity index (χ2n) is 8.89. The number of sulfonamides is 1. The van der Waals surface area contributed by atoms with E-state index >= 15 is 0 Å². The van der Waals surface area contributed by atoms with E-state index in [1.54, 1.807) is 27.4 Å². The minimum Gasteiger partial charge on any atom is -0.311 e. The van der Waals surface area contributed by atoms with Gasteiger partial charge in [-0.25, -0.2) is 8.42 Å². The molecule has 0 N–H and O–H groups in total. The summed E-state index contributed by atoms with van der Waals surface area (Å²) >= 11 is 0. The number of carbonyl (C=O) groups is 1. The van der Waals surface area contributed by atoms with Gasteiger partial charge in [0, 0.05) is 31.9 Å². The molecule has 0 aliphatic carbocycles. The van der Waals surface area contributed by atoms with Crippen molar-refractivity contribution in [3.05, 3.63) is 59.2 Å². The summed E-state index contributed by atoms with van der Waals surface area (Å²) in [6, 6.07) is 13.4. The summed E-state index contributed by atoms with van der Waals surface area (Å²) in [6.07, 6.45) is 8.95. The SMILES string of the molecule is C#CCN(CC(=O)N1CCCc2cc(S(=O)(=O)N3CCCC3)ccc21)Cc1ccc(C)cc1. The van der Waals surface area contributed by atoms with Crippen molar-refractivity contribution in [2.24, 2.45) is 0 Å². The predicted molar refractivity (Wildman–Crippen MR) is 130 cm³/mol. The first-order chi connectivity index (χ1) is 15.9. The molecule has 0 saturated carbocycles. The van der Waals surface area contributed by atoms with E-state index in [9.17, 15) is 13.2 Å². The maximum Gasteiger partial charge on any atom is 0.243 e. The highest BCUT2D eigenvalue weighted by Gasteiger charge is 2.30. The van der Waals surface area contributed by atoms with Crippen LogP contribution in [-0.2, 0) is 27.8 Å². The average molecular weight is 466 g/mol. The molecule has 0 unspecified atom stereocenters. The molecular formula is C26H31N3O3S. The van der Waals surface area contributed by atoms with Gasteiger partial charge in [-0.15, -0.1) is 6.42 Å². The number of anilines is 1. The van der Waals surface area contributed by atoms with E-state index in [2.05, 4.69) is 30.2 Å². The number of amides is 1. The van der Waals surface area contributed by atoms with Gasteiger partial charge in [-0.1, -0.05) is 35.7 Å². The lowest BCUT2D eigenvalue weighted by Gasteiger charge is -2.32. The lowest BCUT2D eigenvalue weighted by molar-refractivity contribution is -0.119. The van der Waals surface area contributed by atoms with Gasteiger partial charge >= 0.3 is 0 Å². The highest BCUT2D eigenvalue weighted by Crippen LogP contribution is 2.31. The summed E-state index contributed by atoms with van der Waals surface area (Å²) in [7, 11) is -3.47. The Kier molecular flexibility index (Phi) is 7.18. The normalized spacial score (nSPS) is 16.6. The summed E-state index contributed by atoms with van der Waals surface area (Å²) in [5, 5.41) is 0. The molecule has 2 aliphatic rings. The third-order valence-electron chi connectivity index (χ3n) is 6.37. The minimum atomic E-state index is -3.47. The fourth-order valence-corrected chi connectivity index (χ4v) is 6.16. The molecule has 33 heavy (non-hydrogen) atoms. The van der Waals surface area contributed by atoms with Gasteiger partial charge in [0.15, 0.2) is 0 Å². The van der Waals surface area contributed by atoms with Crippen LogP contribution in [0.25, 0.3) is 0 Å². The number of hydrogen-bond acceptors (Lipinski definition) is 4. The number of terminal acetylenes is 1. The monoisotopic (exact) mass is 465 g/mol. The van der Waals surface area contributed by atoms with Crippen molar-refractivity contribution < 1.29 is 13.2 Å². The largest absolute Gasteiger partial charge is 0.311 e. The summed E-state index contributed by atoms with van der Waals surface area (Å²) in [5.74, 6) is 2.64. The molecule has 0 radical (unpaired) electrons. The molecule has 1 saturated heterocycles. The fourth-order valence-electron chi connectivity index (χ4n) is 4.60. The number of benzene rings is 2. The van der Waals surface area contributed by atoms with Crippen LogP contribution in [0, 0.1) is 19.3 Å². The Labute approximate surface area is 197 Å². The topological polar surface area (TPSA) is 60.9 Å². The zero-order chi connectivity index (χ0) is 23.4. The van der Waals surface area contributed by atoms with Crippen LogP contribution in [-0.4, -0.2) is 56.3 Å². The molecule has 2 heterocycles. The molecule has 0 spiro atoms. The van der Waals surface area contributed by atoms with E-state index in [0.29, 0.717) is 37.6 Å². The van der Waals surface area contributed by atoms with E-state index in [4.69, 9.17) is 6.42 Å². The minimum absolute atomic E-state index is 0.0199. The third-order valence-corrected chi connectivity index (χ3v) is 8.27. The number of carbonyl (C=O) groups excluding carboxylic acids is 1. The smallest absolute Gasteiger partial charge is 0.243 e.